The molecule has 5 heteroatoms. The smallest absolute Gasteiger partial charge is 0.326 e. The SMILES string of the molecule is Nc1ccc(N(C(=O)NCCc2ccc(Br)cc2)c2ccccc2)cc1. The fraction of sp³-hybridized carbons (Fsp3) is 0.0952. The molecule has 0 spiro atoms. The number of halogens is 1. The van der Waals surface area contributed by atoms with Gasteiger partial charge in [0.1, 0.15) is 0 Å². The van der Waals surface area contributed by atoms with Crippen molar-refractivity contribution in [2.75, 3.05) is 17.2 Å². The zero-order valence-corrected chi connectivity index (χ0v) is 15.8. The van der Waals surface area contributed by atoms with E-state index in [4.69, 9.17) is 5.73 Å². The highest BCUT2D eigenvalue weighted by Gasteiger charge is 2.17. The number of para-hydroxylation sites is 1. The molecule has 4 nitrogen and oxygen atoms in total. The van der Waals surface area contributed by atoms with Crippen LogP contribution in [0.1, 0.15) is 5.56 Å². The second kappa shape index (κ2) is 8.54. The van der Waals surface area contributed by atoms with Crippen LogP contribution in [-0.4, -0.2) is 12.6 Å². The van der Waals surface area contributed by atoms with Crippen LogP contribution in [-0.2, 0) is 6.42 Å². The van der Waals surface area contributed by atoms with E-state index in [0.29, 0.717) is 12.2 Å². The normalized spacial score (nSPS) is 10.3. The Kier molecular flexibility index (Phi) is 5.92. The summed E-state index contributed by atoms with van der Waals surface area (Å²) in [7, 11) is 0. The minimum absolute atomic E-state index is 0.168. The van der Waals surface area contributed by atoms with E-state index in [1.54, 1.807) is 17.0 Å². The Hall–Kier alpha value is -2.79. The number of anilines is 3. The van der Waals surface area contributed by atoms with Gasteiger partial charge in [0.15, 0.2) is 0 Å². The molecular formula is C21H20BrN3O. The second-order valence-electron chi connectivity index (χ2n) is 5.87. The summed E-state index contributed by atoms with van der Waals surface area (Å²) in [5.41, 5.74) is 9.19. The molecule has 0 heterocycles. The first-order valence-electron chi connectivity index (χ1n) is 8.36. The Morgan fingerprint density at radius 3 is 2.15 bits per heavy atom. The number of nitrogens with one attached hydrogen (secondary N) is 1. The highest BCUT2D eigenvalue weighted by Crippen LogP contribution is 2.26. The topological polar surface area (TPSA) is 58.4 Å². The van der Waals surface area contributed by atoms with Gasteiger partial charge in [-0.1, -0.05) is 46.3 Å². The van der Waals surface area contributed by atoms with Crippen molar-refractivity contribution in [3.8, 4) is 0 Å². The minimum Gasteiger partial charge on any atom is -0.399 e. The molecule has 0 aliphatic heterocycles. The monoisotopic (exact) mass is 409 g/mol. The van der Waals surface area contributed by atoms with Crippen molar-refractivity contribution in [1.82, 2.24) is 5.32 Å². The molecule has 0 atom stereocenters. The van der Waals surface area contributed by atoms with E-state index in [1.165, 1.54) is 5.56 Å². The fourth-order valence-electron chi connectivity index (χ4n) is 2.63. The third-order valence-electron chi connectivity index (χ3n) is 3.97. The molecule has 3 rings (SSSR count). The van der Waals surface area contributed by atoms with Crippen LogP contribution in [0.5, 0.6) is 0 Å². The van der Waals surface area contributed by atoms with Gasteiger partial charge in [0.25, 0.3) is 0 Å². The van der Waals surface area contributed by atoms with E-state index < -0.39 is 0 Å². The van der Waals surface area contributed by atoms with Gasteiger partial charge in [0.05, 0.1) is 11.4 Å². The average molecular weight is 410 g/mol. The van der Waals surface area contributed by atoms with Crippen LogP contribution in [0.15, 0.2) is 83.3 Å². The number of nitrogens with zero attached hydrogens (tertiary/aromatic N) is 1. The van der Waals surface area contributed by atoms with Gasteiger partial charge in [-0.2, -0.15) is 0 Å². The van der Waals surface area contributed by atoms with Crippen LogP contribution < -0.4 is 16.0 Å². The van der Waals surface area contributed by atoms with E-state index in [-0.39, 0.29) is 6.03 Å². The molecule has 132 valence electrons. The predicted molar refractivity (Wildman–Crippen MR) is 111 cm³/mol. The van der Waals surface area contributed by atoms with Gasteiger partial charge in [0.2, 0.25) is 0 Å². The van der Waals surface area contributed by atoms with Crippen LogP contribution in [0.4, 0.5) is 21.9 Å². The maximum atomic E-state index is 12.8. The maximum absolute atomic E-state index is 12.8. The van der Waals surface area contributed by atoms with Crippen LogP contribution >= 0.6 is 15.9 Å². The first-order valence-corrected chi connectivity index (χ1v) is 9.16. The number of nitrogens with two attached hydrogens (primary N) is 1. The summed E-state index contributed by atoms with van der Waals surface area (Å²) in [6.45, 7) is 0.554. The van der Waals surface area contributed by atoms with E-state index >= 15 is 0 Å². The molecule has 0 aliphatic rings. The van der Waals surface area contributed by atoms with Gasteiger partial charge in [-0.05, 0) is 60.5 Å². The number of carbonyl (C=O) groups is 1. The zero-order valence-electron chi connectivity index (χ0n) is 14.2. The van der Waals surface area contributed by atoms with Gasteiger partial charge in [-0.3, -0.25) is 4.90 Å². The van der Waals surface area contributed by atoms with E-state index in [9.17, 15) is 4.79 Å². The van der Waals surface area contributed by atoms with Crippen molar-refractivity contribution in [3.05, 3.63) is 88.9 Å². The summed E-state index contributed by atoms with van der Waals surface area (Å²) < 4.78 is 1.05. The van der Waals surface area contributed by atoms with Crippen LogP contribution in [0.25, 0.3) is 0 Å². The Balaban J connectivity index is 1.72. The highest BCUT2D eigenvalue weighted by atomic mass is 79.9. The fourth-order valence-corrected chi connectivity index (χ4v) is 2.89. The number of hydrogen-bond donors (Lipinski definition) is 2. The third-order valence-corrected chi connectivity index (χ3v) is 4.50. The van der Waals surface area contributed by atoms with Crippen molar-refractivity contribution in [3.63, 3.8) is 0 Å². The van der Waals surface area contributed by atoms with Crippen LogP contribution in [0.3, 0.4) is 0 Å². The average Bonchev–Trinajstić information content (AvgIpc) is 2.66. The molecule has 0 bridgehead atoms. The lowest BCUT2D eigenvalue weighted by atomic mass is 10.1. The Morgan fingerprint density at radius 1 is 0.885 bits per heavy atom. The highest BCUT2D eigenvalue weighted by molar-refractivity contribution is 9.10. The number of urea groups is 1. The zero-order chi connectivity index (χ0) is 18.4. The summed E-state index contributed by atoms with van der Waals surface area (Å²) in [4.78, 5) is 14.5. The first kappa shape index (κ1) is 18.0. The summed E-state index contributed by atoms with van der Waals surface area (Å²) in [6.07, 6.45) is 0.767. The molecule has 0 saturated carbocycles. The van der Waals surface area contributed by atoms with Gasteiger partial charge < -0.3 is 11.1 Å². The summed E-state index contributed by atoms with van der Waals surface area (Å²) >= 11 is 3.43. The molecule has 0 aliphatic carbocycles. The molecule has 0 fully saturated rings. The molecule has 0 aromatic heterocycles. The quantitative estimate of drug-likeness (QED) is 0.574. The Labute approximate surface area is 161 Å². The van der Waals surface area contributed by atoms with Crippen molar-refractivity contribution in [2.24, 2.45) is 0 Å². The summed E-state index contributed by atoms with van der Waals surface area (Å²) in [6, 6.07) is 24.8. The van der Waals surface area contributed by atoms with E-state index in [2.05, 4.69) is 21.2 Å². The number of nitrogen functional groups attached to an aromatic ring is 1. The van der Waals surface area contributed by atoms with Crippen LogP contribution in [0.2, 0.25) is 0 Å². The van der Waals surface area contributed by atoms with Gasteiger partial charge >= 0.3 is 6.03 Å². The molecule has 2 amide bonds. The van der Waals surface area contributed by atoms with Gasteiger partial charge in [0, 0.05) is 16.7 Å². The summed E-state index contributed by atoms with van der Waals surface area (Å²) in [5, 5.41) is 3.00. The van der Waals surface area contributed by atoms with Crippen LogP contribution in [0, 0.1) is 0 Å². The second-order valence-corrected chi connectivity index (χ2v) is 6.79. The third kappa shape index (κ3) is 4.64. The van der Waals surface area contributed by atoms with Crippen molar-refractivity contribution >= 4 is 39.0 Å². The molecule has 26 heavy (non-hydrogen) atoms. The molecule has 0 saturated heterocycles. The lowest BCUT2D eigenvalue weighted by Crippen LogP contribution is -2.37. The Bertz CT molecular complexity index is 849. The number of hydrogen-bond acceptors (Lipinski definition) is 2. The lowest BCUT2D eigenvalue weighted by molar-refractivity contribution is 0.248. The molecule has 3 N–H and O–H groups in total. The van der Waals surface area contributed by atoms with Crippen molar-refractivity contribution in [1.29, 1.82) is 0 Å². The number of benzene rings is 3. The van der Waals surface area contributed by atoms with E-state index in [1.807, 2.05) is 66.7 Å². The molecule has 3 aromatic rings. The predicted octanol–water partition coefficient (Wildman–Crippen LogP) is 5.12. The van der Waals surface area contributed by atoms with Gasteiger partial charge in [-0.15, -0.1) is 0 Å². The number of rotatable bonds is 5. The van der Waals surface area contributed by atoms with Crippen molar-refractivity contribution in [2.45, 2.75) is 6.42 Å². The molecule has 3 aromatic carbocycles. The largest absolute Gasteiger partial charge is 0.399 e. The standard InChI is InChI=1S/C21H20BrN3O/c22-17-8-6-16(7-9-17)14-15-24-21(26)25(19-4-2-1-3-5-19)20-12-10-18(23)11-13-20/h1-13H,14-15,23H2,(H,24,26). The number of carbonyl (C=O) groups excluding carboxylic acids is 1. The molecular weight excluding hydrogens is 390 g/mol. The maximum Gasteiger partial charge on any atom is 0.326 e. The van der Waals surface area contributed by atoms with E-state index in [0.717, 1.165) is 22.3 Å². The first-order chi connectivity index (χ1) is 12.6. The molecule has 0 radical (unpaired) electrons. The number of amides is 2. The summed E-state index contributed by atoms with van der Waals surface area (Å²) in [5.74, 6) is 0. The minimum atomic E-state index is -0.168. The Morgan fingerprint density at radius 2 is 1.50 bits per heavy atom. The van der Waals surface area contributed by atoms with Crippen molar-refractivity contribution < 1.29 is 4.79 Å². The molecule has 0 unspecified atom stereocenters. The van der Waals surface area contributed by atoms with Gasteiger partial charge in [-0.25, -0.2) is 4.79 Å². The lowest BCUT2D eigenvalue weighted by Gasteiger charge is -2.23.